The number of aryl methyl sites for hydroxylation is 1. The van der Waals surface area contributed by atoms with Crippen LogP contribution in [0.2, 0.25) is 0 Å². The van der Waals surface area contributed by atoms with Gasteiger partial charge in [0, 0.05) is 6.04 Å². The molecule has 1 atom stereocenters. The zero-order valence-electron chi connectivity index (χ0n) is 12.9. The molecule has 0 spiro atoms. The molecule has 0 saturated carbocycles. The first-order valence-corrected chi connectivity index (χ1v) is 8.83. The number of sulfonamides is 1. The van der Waals surface area contributed by atoms with Crippen molar-refractivity contribution >= 4 is 15.7 Å². The number of nitro groups is 1. The minimum atomic E-state index is -4.03. The third-order valence-electron chi connectivity index (χ3n) is 4.08. The van der Waals surface area contributed by atoms with Gasteiger partial charge in [0.25, 0.3) is 5.69 Å². The largest absolute Gasteiger partial charge is 0.497 e. The Balaban J connectivity index is 1.96. The van der Waals surface area contributed by atoms with Gasteiger partial charge in [0.15, 0.2) is 4.90 Å². The van der Waals surface area contributed by atoms with Crippen molar-refractivity contribution in [3.05, 3.63) is 63.7 Å². The monoisotopic (exact) mass is 348 g/mol. The molecule has 0 amide bonds. The number of benzene rings is 2. The molecule has 0 bridgehead atoms. The van der Waals surface area contributed by atoms with Crippen molar-refractivity contribution in [3.8, 4) is 5.75 Å². The fourth-order valence-electron chi connectivity index (χ4n) is 2.92. The lowest BCUT2D eigenvalue weighted by Gasteiger charge is -2.15. The van der Waals surface area contributed by atoms with Gasteiger partial charge in [-0.15, -0.1) is 0 Å². The Labute approximate surface area is 139 Å². The standard InChI is InChI=1S/C16H16N2O5S/c1-23-12-7-9-16(15(10-12)18(19)20)24(21,22)17-14-8-6-11-4-2-3-5-13(11)14/h2-5,7,9-10,14,17H,6,8H2,1H3/t14-/m1/s1. The van der Waals surface area contributed by atoms with Crippen molar-refractivity contribution in [1.82, 2.24) is 4.72 Å². The van der Waals surface area contributed by atoms with Crippen LogP contribution in [0.15, 0.2) is 47.4 Å². The molecule has 126 valence electrons. The zero-order valence-corrected chi connectivity index (χ0v) is 13.7. The first kappa shape index (κ1) is 16.4. The van der Waals surface area contributed by atoms with Gasteiger partial charge < -0.3 is 4.74 Å². The molecule has 1 N–H and O–H groups in total. The van der Waals surface area contributed by atoms with E-state index in [-0.39, 0.29) is 16.7 Å². The number of nitrogens with one attached hydrogen (secondary N) is 1. The Bertz CT molecular complexity index is 895. The maximum Gasteiger partial charge on any atom is 0.293 e. The molecule has 0 radical (unpaired) electrons. The maximum absolute atomic E-state index is 12.7. The summed E-state index contributed by atoms with van der Waals surface area (Å²) in [6, 6.07) is 10.9. The lowest BCUT2D eigenvalue weighted by Crippen LogP contribution is -2.28. The van der Waals surface area contributed by atoms with E-state index in [2.05, 4.69) is 4.72 Å². The van der Waals surface area contributed by atoms with Crippen molar-refractivity contribution in [2.75, 3.05) is 7.11 Å². The van der Waals surface area contributed by atoms with Gasteiger partial charge in [-0.1, -0.05) is 24.3 Å². The molecule has 1 aliphatic rings. The SMILES string of the molecule is COc1ccc(S(=O)(=O)N[C@@H]2CCc3ccccc32)c([N+](=O)[O-])c1. The summed E-state index contributed by atoms with van der Waals surface area (Å²) in [6.45, 7) is 0. The van der Waals surface area contributed by atoms with Crippen LogP contribution in [0, 0.1) is 10.1 Å². The van der Waals surface area contributed by atoms with Crippen LogP contribution in [0.5, 0.6) is 5.75 Å². The highest BCUT2D eigenvalue weighted by atomic mass is 32.2. The van der Waals surface area contributed by atoms with Crippen LogP contribution in [0.25, 0.3) is 0 Å². The second kappa shape index (κ2) is 6.21. The summed E-state index contributed by atoms with van der Waals surface area (Å²) in [5, 5.41) is 11.2. The Hall–Kier alpha value is -2.45. The molecule has 24 heavy (non-hydrogen) atoms. The second-order valence-electron chi connectivity index (χ2n) is 5.50. The number of hydrogen-bond donors (Lipinski definition) is 1. The second-order valence-corrected chi connectivity index (χ2v) is 7.18. The first-order valence-electron chi connectivity index (χ1n) is 7.35. The van der Waals surface area contributed by atoms with Gasteiger partial charge in [-0.3, -0.25) is 10.1 Å². The van der Waals surface area contributed by atoms with E-state index in [0.717, 1.165) is 23.6 Å². The summed E-state index contributed by atoms with van der Waals surface area (Å²) in [7, 11) is -2.67. The maximum atomic E-state index is 12.7. The van der Waals surface area contributed by atoms with E-state index in [1.54, 1.807) is 0 Å². The Morgan fingerprint density at radius 2 is 2.00 bits per heavy atom. The number of nitro benzene ring substituents is 1. The number of hydrogen-bond acceptors (Lipinski definition) is 5. The molecule has 0 aromatic heterocycles. The highest BCUT2D eigenvalue weighted by molar-refractivity contribution is 7.89. The van der Waals surface area contributed by atoms with E-state index >= 15 is 0 Å². The lowest BCUT2D eigenvalue weighted by atomic mass is 10.1. The fraction of sp³-hybridized carbons (Fsp3) is 0.250. The summed E-state index contributed by atoms with van der Waals surface area (Å²) in [5.41, 5.74) is 1.50. The average Bonchev–Trinajstić information content (AvgIpc) is 2.97. The first-order chi connectivity index (χ1) is 11.4. The van der Waals surface area contributed by atoms with Gasteiger partial charge in [0.05, 0.1) is 18.1 Å². The van der Waals surface area contributed by atoms with Crippen LogP contribution >= 0.6 is 0 Å². The van der Waals surface area contributed by atoms with Gasteiger partial charge in [-0.25, -0.2) is 13.1 Å². The molecule has 8 heteroatoms. The highest BCUT2D eigenvalue weighted by Gasteiger charge is 2.31. The zero-order chi connectivity index (χ0) is 17.3. The molecular formula is C16H16N2O5S. The van der Waals surface area contributed by atoms with Crippen molar-refractivity contribution in [2.24, 2.45) is 0 Å². The van der Waals surface area contributed by atoms with E-state index < -0.39 is 20.6 Å². The molecule has 0 saturated heterocycles. The van der Waals surface area contributed by atoms with E-state index in [9.17, 15) is 18.5 Å². The van der Waals surface area contributed by atoms with Crippen LogP contribution in [-0.4, -0.2) is 20.5 Å². The molecule has 0 unspecified atom stereocenters. The number of ether oxygens (including phenoxy) is 1. The third kappa shape index (κ3) is 2.98. The Kier molecular flexibility index (Phi) is 4.25. The summed E-state index contributed by atoms with van der Waals surface area (Å²) < 4.78 is 32.9. The minimum Gasteiger partial charge on any atom is -0.497 e. The Morgan fingerprint density at radius 3 is 2.71 bits per heavy atom. The highest BCUT2D eigenvalue weighted by Crippen LogP contribution is 2.34. The molecule has 2 aromatic rings. The minimum absolute atomic E-state index is 0.229. The predicted molar refractivity (Wildman–Crippen MR) is 87.5 cm³/mol. The van der Waals surface area contributed by atoms with Crippen molar-refractivity contribution in [2.45, 2.75) is 23.8 Å². The molecule has 0 aliphatic heterocycles. The molecule has 3 rings (SSSR count). The van der Waals surface area contributed by atoms with Crippen molar-refractivity contribution in [1.29, 1.82) is 0 Å². The number of rotatable bonds is 5. The van der Waals surface area contributed by atoms with Gasteiger partial charge in [0.1, 0.15) is 5.75 Å². The van der Waals surface area contributed by atoms with Crippen LogP contribution < -0.4 is 9.46 Å². The van der Waals surface area contributed by atoms with Crippen molar-refractivity contribution < 1.29 is 18.1 Å². The average molecular weight is 348 g/mol. The van der Waals surface area contributed by atoms with E-state index in [4.69, 9.17) is 4.74 Å². The van der Waals surface area contributed by atoms with Gasteiger partial charge >= 0.3 is 0 Å². The van der Waals surface area contributed by atoms with Crippen LogP contribution in [-0.2, 0) is 16.4 Å². The van der Waals surface area contributed by atoms with E-state index in [1.807, 2.05) is 24.3 Å². The van der Waals surface area contributed by atoms with E-state index in [1.165, 1.54) is 19.2 Å². The smallest absolute Gasteiger partial charge is 0.293 e. The summed E-state index contributed by atoms with van der Waals surface area (Å²) >= 11 is 0. The van der Waals surface area contributed by atoms with Gasteiger partial charge in [-0.2, -0.15) is 0 Å². The molecule has 1 aliphatic carbocycles. The topological polar surface area (TPSA) is 98.5 Å². The molecule has 2 aromatic carbocycles. The normalized spacial score (nSPS) is 16.6. The van der Waals surface area contributed by atoms with Crippen molar-refractivity contribution in [3.63, 3.8) is 0 Å². The quantitative estimate of drug-likeness (QED) is 0.661. The van der Waals surface area contributed by atoms with Crippen LogP contribution in [0.4, 0.5) is 5.69 Å². The van der Waals surface area contributed by atoms with Gasteiger partial charge in [0.2, 0.25) is 10.0 Å². The molecule has 7 nitrogen and oxygen atoms in total. The van der Waals surface area contributed by atoms with E-state index in [0.29, 0.717) is 6.42 Å². The van der Waals surface area contributed by atoms with Crippen LogP contribution in [0.1, 0.15) is 23.6 Å². The lowest BCUT2D eigenvalue weighted by molar-refractivity contribution is -0.387. The number of nitrogens with zero attached hydrogens (tertiary/aromatic N) is 1. The van der Waals surface area contributed by atoms with Gasteiger partial charge in [-0.05, 0) is 36.1 Å². The van der Waals surface area contributed by atoms with Crippen LogP contribution in [0.3, 0.4) is 0 Å². The molecule has 0 fully saturated rings. The number of fused-ring (bicyclic) bond motifs is 1. The summed E-state index contributed by atoms with van der Waals surface area (Å²) in [5.74, 6) is 0.229. The molecule has 0 heterocycles. The predicted octanol–water partition coefficient (Wildman–Crippen LogP) is 2.57. The Morgan fingerprint density at radius 1 is 1.25 bits per heavy atom. The summed E-state index contributed by atoms with van der Waals surface area (Å²) in [4.78, 5) is 10.1. The third-order valence-corrected chi connectivity index (χ3v) is 5.60. The fourth-order valence-corrected chi connectivity index (χ4v) is 4.33. The summed E-state index contributed by atoms with van der Waals surface area (Å²) in [6.07, 6.45) is 1.40. The number of methoxy groups -OCH3 is 1. The molecular weight excluding hydrogens is 332 g/mol.